The van der Waals surface area contributed by atoms with Gasteiger partial charge in [0.25, 0.3) is 5.91 Å². The molecule has 0 aliphatic heterocycles. The fourth-order valence-electron chi connectivity index (χ4n) is 1.97. The van der Waals surface area contributed by atoms with Gasteiger partial charge in [0.15, 0.2) is 0 Å². The fourth-order valence-corrected chi connectivity index (χ4v) is 1.97. The van der Waals surface area contributed by atoms with Crippen LogP contribution in [0.25, 0.3) is 0 Å². The molecule has 0 unspecified atom stereocenters. The summed E-state index contributed by atoms with van der Waals surface area (Å²) in [7, 11) is 3.40. The Morgan fingerprint density at radius 2 is 2.00 bits per heavy atom. The number of hydrogen-bond donors (Lipinski definition) is 0. The molecule has 1 aromatic heterocycles. The van der Waals surface area contributed by atoms with E-state index in [1.807, 2.05) is 43.3 Å². The molecule has 0 fully saturated rings. The van der Waals surface area contributed by atoms with Crippen LogP contribution in [0.1, 0.15) is 21.7 Å². The summed E-state index contributed by atoms with van der Waals surface area (Å²) in [5, 5.41) is 0. The van der Waals surface area contributed by atoms with Gasteiger partial charge in [0, 0.05) is 19.3 Å². The number of methoxy groups -OCH3 is 1. The average Bonchev–Trinajstić information content (AvgIpc) is 2.46. The molecule has 4 heteroatoms. The van der Waals surface area contributed by atoms with Crippen molar-refractivity contribution in [1.29, 1.82) is 0 Å². The van der Waals surface area contributed by atoms with Crippen LogP contribution in [0.3, 0.4) is 0 Å². The molecule has 2 rings (SSSR count). The molecule has 4 nitrogen and oxygen atoms in total. The summed E-state index contributed by atoms with van der Waals surface area (Å²) in [4.78, 5) is 18.2. The standard InChI is InChI=1S/C16H18N2O2/c1-12-6-4-9-15(17-12)16(19)18(2)11-13-7-5-8-14(10-13)20-3/h4-10H,11H2,1-3H3. The van der Waals surface area contributed by atoms with Crippen LogP contribution in [0.4, 0.5) is 0 Å². The number of carbonyl (C=O) groups excluding carboxylic acids is 1. The van der Waals surface area contributed by atoms with Gasteiger partial charge in [-0.2, -0.15) is 0 Å². The van der Waals surface area contributed by atoms with Crippen molar-refractivity contribution < 1.29 is 9.53 Å². The highest BCUT2D eigenvalue weighted by Crippen LogP contribution is 2.14. The summed E-state index contributed by atoms with van der Waals surface area (Å²) in [5.41, 5.74) is 2.33. The second-order valence-electron chi connectivity index (χ2n) is 4.68. The van der Waals surface area contributed by atoms with E-state index in [1.54, 1.807) is 25.1 Å². The Morgan fingerprint density at radius 1 is 1.25 bits per heavy atom. The lowest BCUT2D eigenvalue weighted by Gasteiger charge is -2.17. The number of hydrogen-bond acceptors (Lipinski definition) is 3. The van der Waals surface area contributed by atoms with Crippen LogP contribution >= 0.6 is 0 Å². The fraction of sp³-hybridized carbons (Fsp3) is 0.250. The lowest BCUT2D eigenvalue weighted by atomic mass is 10.2. The summed E-state index contributed by atoms with van der Waals surface area (Å²) < 4.78 is 5.18. The van der Waals surface area contributed by atoms with Gasteiger partial charge in [-0.1, -0.05) is 18.2 Å². The van der Waals surface area contributed by atoms with Gasteiger partial charge in [0.05, 0.1) is 7.11 Å². The van der Waals surface area contributed by atoms with Crippen molar-refractivity contribution in [3.05, 3.63) is 59.4 Å². The molecule has 0 saturated carbocycles. The smallest absolute Gasteiger partial charge is 0.272 e. The number of aryl methyl sites for hydroxylation is 1. The van der Waals surface area contributed by atoms with Crippen LogP contribution in [0.2, 0.25) is 0 Å². The molecular formula is C16H18N2O2. The maximum atomic E-state index is 12.3. The van der Waals surface area contributed by atoms with Gasteiger partial charge < -0.3 is 9.64 Å². The van der Waals surface area contributed by atoms with Gasteiger partial charge in [0.2, 0.25) is 0 Å². The van der Waals surface area contributed by atoms with Gasteiger partial charge in [-0.15, -0.1) is 0 Å². The third kappa shape index (κ3) is 3.35. The molecule has 0 spiro atoms. The number of amides is 1. The van der Waals surface area contributed by atoms with E-state index in [1.165, 1.54) is 0 Å². The lowest BCUT2D eigenvalue weighted by Crippen LogP contribution is -2.27. The van der Waals surface area contributed by atoms with Crippen LogP contribution in [-0.2, 0) is 6.54 Å². The van der Waals surface area contributed by atoms with E-state index in [0.717, 1.165) is 17.0 Å². The summed E-state index contributed by atoms with van der Waals surface area (Å²) in [6, 6.07) is 13.1. The molecule has 0 aliphatic rings. The molecule has 0 bridgehead atoms. The van der Waals surface area contributed by atoms with E-state index >= 15 is 0 Å². The SMILES string of the molecule is COc1cccc(CN(C)C(=O)c2cccc(C)n2)c1. The van der Waals surface area contributed by atoms with E-state index in [9.17, 15) is 4.79 Å². The molecule has 0 aliphatic carbocycles. The summed E-state index contributed by atoms with van der Waals surface area (Å²) in [6.07, 6.45) is 0. The van der Waals surface area contributed by atoms with Crippen LogP contribution in [0.15, 0.2) is 42.5 Å². The van der Waals surface area contributed by atoms with Gasteiger partial charge in [0.1, 0.15) is 11.4 Å². The first kappa shape index (κ1) is 14.1. The first-order valence-electron chi connectivity index (χ1n) is 6.42. The van der Waals surface area contributed by atoms with Crippen molar-refractivity contribution in [3.63, 3.8) is 0 Å². The molecular weight excluding hydrogens is 252 g/mol. The molecule has 0 N–H and O–H groups in total. The Hall–Kier alpha value is -2.36. The van der Waals surface area contributed by atoms with Crippen molar-refractivity contribution >= 4 is 5.91 Å². The number of nitrogens with zero attached hydrogens (tertiary/aromatic N) is 2. The Bertz CT molecular complexity index is 611. The normalized spacial score (nSPS) is 10.2. The van der Waals surface area contributed by atoms with E-state index in [-0.39, 0.29) is 5.91 Å². The number of carbonyl (C=O) groups is 1. The highest BCUT2D eigenvalue weighted by Gasteiger charge is 2.13. The molecule has 1 heterocycles. The third-order valence-corrected chi connectivity index (χ3v) is 3.01. The molecule has 0 atom stereocenters. The Kier molecular flexibility index (Phi) is 4.35. The highest BCUT2D eigenvalue weighted by atomic mass is 16.5. The van der Waals surface area contributed by atoms with Crippen molar-refractivity contribution in [1.82, 2.24) is 9.88 Å². The minimum Gasteiger partial charge on any atom is -0.497 e. The van der Waals surface area contributed by atoms with E-state index < -0.39 is 0 Å². The first-order chi connectivity index (χ1) is 9.60. The van der Waals surface area contributed by atoms with Gasteiger partial charge >= 0.3 is 0 Å². The Balaban J connectivity index is 2.11. The lowest BCUT2D eigenvalue weighted by molar-refractivity contribution is 0.0779. The minimum absolute atomic E-state index is 0.0866. The van der Waals surface area contributed by atoms with Crippen molar-refractivity contribution in [2.75, 3.05) is 14.2 Å². The quantitative estimate of drug-likeness (QED) is 0.857. The molecule has 20 heavy (non-hydrogen) atoms. The molecule has 1 amide bonds. The van der Waals surface area contributed by atoms with Crippen molar-refractivity contribution in [3.8, 4) is 5.75 Å². The largest absolute Gasteiger partial charge is 0.497 e. The highest BCUT2D eigenvalue weighted by molar-refractivity contribution is 5.92. The molecule has 1 aromatic carbocycles. The Morgan fingerprint density at radius 3 is 2.70 bits per heavy atom. The number of ether oxygens (including phenoxy) is 1. The first-order valence-corrected chi connectivity index (χ1v) is 6.42. The zero-order valence-electron chi connectivity index (χ0n) is 12.0. The monoisotopic (exact) mass is 270 g/mol. The summed E-state index contributed by atoms with van der Waals surface area (Å²) >= 11 is 0. The zero-order chi connectivity index (χ0) is 14.5. The molecule has 0 radical (unpaired) electrons. The van der Waals surface area contributed by atoms with Crippen LogP contribution in [-0.4, -0.2) is 29.9 Å². The van der Waals surface area contributed by atoms with Crippen LogP contribution < -0.4 is 4.74 Å². The van der Waals surface area contributed by atoms with Crippen molar-refractivity contribution in [2.45, 2.75) is 13.5 Å². The van der Waals surface area contributed by atoms with Gasteiger partial charge in [-0.25, -0.2) is 4.98 Å². The number of aromatic nitrogens is 1. The number of pyridine rings is 1. The maximum absolute atomic E-state index is 12.3. The zero-order valence-corrected chi connectivity index (χ0v) is 12.0. The van der Waals surface area contributed by atoms with Crippen LogP contribution in [0, 0.1) is 6.92 Å². The Labute approximate surface area is 119 Å². The van der Waals surface area contributed by atoms with Gasteiger partial charge in [-0.05, 0) is 36.8 Å². The number of rotatable bonds is 4. The minimum atomic E-state index is -0.0866. The number of benzene rings is 1. The second-order valence-corrected chi connectivity index (χ2v) is 4.68. The third-order valence-electron chi connectivity index (χ3n) is 3.01. The van der Waals surface area contributed by atoms with Crippen molar-refractivity contribution in [2.24, 2.45) is 0 Å². The van der Waals surface area contributed by atoms with E-state index in [2.05, 4.69) is 4.98 Å². The molecule has 104 valence electrons. The van der Waals surface area contributed by atoms with Gasteiger partial charge in [-0.3, -0.25) is 4.79 Å². The summed E-state index contributed by atoms with van der Waals surface area (Å²) in [6.45, 7) is 2.39. The topological polar surface area (TPSA) is 42.4 Å². The average molecular weight is 270 g/mol. The van der Waals surface area contributed by atoms with E-state index in [0.29, 0.717) is 12.2 Å². The van der Waals surface area contributed by atoms with Crippen LogP contribution in [0.5, 0.6) is 5.75 Å². The second kappa shape index (κ2) is 6.19. The molecule has 0 saturated heterocycles. The summed E-state index contributed by atoms with van der Waals surface area (Å²) in [5.74, 6) is 0.702. The van der Waals surface area contributed by atoms with E-state index in [4.69, 9.17) is 4.74 Å². The predicted molar refractivity (Wildman–Crippen MR) is 77.8 cm³/mol. The maximum Gasteiger partial charge on any atom is 0.272 e. The predicted octanol–water partition coefficient (Wildman–Crippen LogP) is 2.67. The molecule has 2 aromatic rings.